The Hall–Kier alpha value is -1.06. The molecule has 6 heteroatoms. The van der Waals surface area contributed by atoms with Gasteiger partial charge in [-0.05, 0) is 12.1 Å². The highest BCUT2D eigenvalue weighted by Gasteiger charge is 2.24. The van der Waals surface area contributed by atoms with Crippen molar-refractivity contribution in [1.29, 1.82) is 0 Å². The molecule has 1 fully saturated rings. The molecule has 2 N–H and O–H groups in total. The summed E-state index contributed by atoms with van der Waals surface area (Å²) in [6, 6.07) is 3.40. The first-order valence-electron chi connectivity index (χ1n) is 6.54. The summed E-state index contributed by atoms with van der Waals surface area (Å²) >= 11 is 7.53. The van der Waals surface area contributed by atoms with Gasteiger partial charge in [0.25, 0.3) is 0 Å². The Bertz CT molecular complexity index is 503. The van der Waals surface area contributed by atoms with Crippen LogP contribution in [0.25, 0.3) is 0 Å². The molecule has 1 aliphatic heterocycles. The summed E-state index contributed by atoms with van der Waals surface area (Å²) in [5.74, 6) is 2.40. The van der Waals surface area contributed by atoms with Gasteiger partial charge < -0.3 is 10.6 Å². The van der Waals surface area contributed by atoms with Crippen LogP contribution in [0.2, 0.25) is 4.34 Å². The molecule has 0 spiro atoms. The lowest BCUT2D eigenvalue weighted by molar-refractivity contribution is -0.134. The lowest BCUT2D eigenvalue weighted by Gasteiger charge is -2.35. The van der Waals surface area contributed by atoms with Gasteiger partial charge in [-0.15, -0.1) is 23.7 Å². The normalized spacial score (nSPS) is 17.8. The van der Waals surface area contributed by atoms with Crippen molar-refractivity contribution < 1.29 is 4.79 Å². The van der Waals surface area contributed by atoms with E-state index in [0.717, 1.165) is 24.0 Å². The van der Waals surface area contributed by atoms with Gasteiger partial charge in [-0.25, -0.2) is 0 Å². The highest BCUT2D eigenvalue weighted by Crippen LogP contribution is 2.23. The maximum absolute atomic E-state index is 12.0. The zero-order chi connectivity index (χ0) is 14.5. The number of amides is 1. The Labute approximate surface area is 128 Å². The molecule has 0 bridgehead atoms. The van der Waals surface area contributed by atoms with E-state index in [1.165, 1.54) is 4.88 Å². The van der Waals surface area contributed by atoms with Gasteiger partial charge in [-0.1, -0.05) is 11.6 Å². The summed E-state index contributed by atoms with van der Waals surface area (Å²) in [6.07, 6.45) is 5.49. The Morgan fingerprint density at radius 2 is 2.15 bits per heavy atom. The van der Waals surface area contributed by atoms with Crippen LogP contribution in [0.4, 0.5) is 0 Å². The Morgan fingerprint density at radius 3 is 2.70 bits per heavy atom. The molecule has 1 amide bonds. The molecule has 20 heavy (non-hydrogen) atoms. The van der Waals surface area contributed by atoms with E-state index in [1.54, 1.807) is 16.2 Å². The minimum Gasteiger partial charge on any atom is -0.339 e. The summed E-state index contributed by atoms with van der Waals surface area (Å²) in [5, 5.41) is 0. The van der Waals surface area contributed by atoms with Crippen molar-refractivity contribution in [2.75, 3.05) is 26.2 Å². The van der Waals surface area contributed by atoms with E-state index in [9.17, 15) is 4.79 Å². The van der Waals surface area contributed by atoms with Gasteiger partial charge in [0.2, 0.25) is 5.91 Å². The molecule has 0 aliphatic carbocycles. The Morgan fingerprint density at radius 1 is 1.45 bits per heavy atom. The summed E-state index contributed by atoms with van der Waals surface area (Å²) in [4.78, 5) is 17.4. The van der Waals surface area contributed by atoms with Gasteiger partial charge in [0.05, 0.1) is 10.4 Å². The molecule has 108 valence electrons. The minimum absolute atomic E-state index is 0.0400. The molecule has 4 nitrogen and oxygen atoms in total. The lowest BCUT2D eigenvalue weighted by atomic mass is 10.2. The number of nitrogens with zero attached hydrogens (tertiary/aromatic N) is 2. The fourth-order valence-electron chi connectivity index (χ4n) is 2.23. The van der Waals surface area contributed by atoms with Gasteiger partial charge in [-0.2, -0.15) is 0 Å². The lowest BCUT2D eigenvalue weighted by Crippen LogP contribution is -2.52. The highest BCUT2D eigenvalue weighted by atomic mass is 35.5. The second-order valence-corrected chi connectivity index (χ2v) is 6.62. The fraction of sp³-hybridized carbons (Fsp3) is 0.500. The van der Waals surface area contributed by atoms with Gasteiger partial charge in [0, 0.05) is 44.0 Å². The molecule has 1 aromatic rings. The van der Waals surface area contributed by atoms with Crippen LogP contribution in [0, 0.1) is 12.3 Å². The predicted octanol–water partition coefficient (Wildman–Crippen LogP) is 1.40. The number of piperazine rings is 1. The first-order valence-corrected chi connectivity index (χ1v) is 7.74. The van der Waals surface area contributed by atoms with E-state index in [1.807, 2.05) is 12.1 Å². The maximum Gasteiger partial charge on any atom is 0.240 e. The highest BCUT2D eigenvalue weighted by molar-refractivity contribution is 7.16. The van der Waals surface area contributed by atoms with Crippen molar-refractivity contribution in [1.82, 2.24) is 9.80 Å². The molecule has 0 aromatic carbocycles. The average Bonchev–Trinajstić information content (AvgIpc) is 2.84. The Kier molecular flexibility index (Phi) is 5.44. The number of hydrogen-bond acceptors (Lipinski definition) is 4. The second-order valence-electron chi connectivity index (χ2n) is 4.82. The quantitative estimate of drug-likeness (QED) is 0.855. The maximum atomic E-state index is 12.0. The number of terminal acetylenes is 1. The number of hydrogen-bond donors (Lipinski definition) is 1. The zero-order valence-corrected chi connectivity index (χ0v) is 12.8. The number of thiophene rings is 1. The van der Waals surface area contributed by atoms with E-state index in [2.05, 4.69) is 10.8 Å². The van der Waals surface area contributed by atoms with E-state index in [-0.39, 0.29) is 5.91 Å². The number of rotatable bonds is 4. The molecule has 1 saturated heterocycles. The molecular formula is C14H18ClN3OS. The van der Waals surface area contributed by atoms with Gasteiger partial charge in [0.1, 0.15) is 0 Å². The third-order valence-electron chi connectivity index (χ3n) is 3.35. The first kappa shape index (κ1) is 15.3. The third kappa shape index (κ3) is 3.97. The van der Waals surface area contributed by atoms with Crippen molar-refractivity contribution in [3.05, 3.63) is 21.3 Å². The van der Waals surface area contributed by atoms with Gasteiger partial charge in [-0.3, -0.25) is 9.69 Å². The van der Waals surface area contributed by atoms with Crippen LogP contribution >= 0.6 is 22.9 Å². The van der Waals surface area contributed by atoms with Crippen molar-refractivity contribution in [2.24, 2.45) is 5.73 Å². The van der Waals surface area contributed by atoms with Crippen molar-refractivity contribution in [2.45, 2.75) is 19.0 Å². The second kappa shape index (κ2) is 7.09. The fourth-order valence-corrected chi connectivity index (χ4v) is 3.36. The van der Waals surface area contributed by atoms with E-state index in [0.29, 0.717) is 19.5 Å². The van der Waals surface area contributed by atoms with Crippen LogP contribution < -0.4 is 5.73 Å². The summed E-state index contributed by atoms with van der Waals surface area (Å²) in [6.45, 7) is 4.00. The SMILES string of the molecule is C#CCC(N)C(=O)N1CCN(Cc2ccc(Cl)s2)CC1. The van der Waals surface area contributed by atoms with Crippen LogP contribution in [0.3, 0.4) is 0 Å². The minimum atomic E-state index is -0.567. The monoisotopic (exact) mass is 311 g/mol. The van der Waals surface area contributed by atoms with E-state index >= 15 is 0 Å². The molecule has 1 atom stereocenters. The third-order valence-corrected chi connectivity index (χ3v) is 4.56. The first-order chi connectivity index (χ1) is 9.60. The molecule has 1 aliphatic rings. The number of halogens is 1. The topological polar surface area (TPSA) is 49.6 Å². The molecule has 1 unspecified atom stereocenters. The molecule has 2 heterocycles. The standard InChI is InChI=1S/C14H18ClN3OS/c1-2-3-12(16)14(19)18-8-6-17(7-9-18)10-11-4-5-13(15)20-11/h1,4-5,12H,3,6-10,16H2. The van der Waals surface area contributed by atoms with Crippen LogP contribution in [-0.2, 0) is 11.3 Å². The van der Waals surface area contributed by atoms with Gasteiger partial charge >= 0.3 is 0 Å². The summed E-state index contributed by atoms with van der Waals surface area (Å²) < 4.78 is 0.814. The summed E-state index contributed by atoms with van der Waals surface area (Å²) in [5.41, 5.74) is 5.76. The van der Waals surface area contributed by atoms with Crippen molar-refractivity contribution >= 4 is 28.8 Å². The number of nitrogens with two attached hydrogens (primary N) is 1. The molecule has 0 saturated carbocycles. The Balaban J connectivity index is 1.80. The largest absolute Gasteiger partial charge is 0.339 e. The molecule has 2 rings (SSSR count). The number of carbonyl (C=O) groups excluding carboxylic acids is 1. The van der Waals surface area contributed by atoms with Crippen molar-refractivity contribution in [3.63, 3.8) is 0 Å². The van der Waals surface area contributed by atoms with Crippen molar-refractivity contribution in [3.8, 4) is 12.3 Å². The van der Waals surface area contributed by atoms with Gasteiger partial charge in [0.15, 0.2) is 0 Å². The van der Waals surface area contributed by atoms with E-state index < -0.39 is 6.04 Å². The predicted molar refractivity (Wildman–Crippen MR) is 82.6 cm³/mol. The van der Waals surface area contributed by atoms with E-state index in [4.69, 9.17) is 23.8 Å². The zero-order valence-electron chi connectivity index (χ0n) is 11.2. The molecular weight excluding hydrogens is 294 g/mol. The van der Waals surface area contributed by atoms with Crippen LogP contribution in [0.15, 0.2) is 12.1 Å². The molecule has 1 aromatic heterocycles. The summed E-state index contributed by atoms with van der Waals surface area (Å²) in [7, 11) is 0. The van der Waals surface area contributed by atoms with Crippen LogP contribution in [-0.4, -0.2) is 47.9 Å². The average molecular weight is 312 g/mol. The molecule has 0 radical (unpaired) electrons. The number of carbonyl (C=O) groups is 1. The van der Waals surface area contributed by atoms with Crippen LogP contribution in [0.5, 0.6) is 0 Å². The van der Waals surface area contributed by atoms with Crippen LogP contribution in [0.1, 0.15) is 11.3 Å². The smallest absolute Gasteiger partial charge is 0.240 e.